The Hall–Kier alpha value is -13.8. The summed E-state index contributed by atoms with van der Waals surface area (Å²) >= 11 is 0. The fourth-order valence-electron chi connectivity index (χ4n) is 12.1. The number of nitrogens with zero attached hydrogens (tertiary/aromatic N) is 4. The summed E-state index contributed by atoms with van der Waals surface area (Å²) in [6.45, 7) is -3.68. The van der Waals surface area contributed by atoms with Gasteiger partial charge in [-0.2, -0.15) is 0 Å². The fraction of sp³-hybridized carbons (Fsp3) is 0.467. The molecule has 0 radical (unpaired) electrons. The number of carboxylic acids is 5. The van der Waals surface area contributed by atoms with Crippen molar-refractivity contribution < 1.29 is 112 Å². The molecule has 5 atom stereocenters. The highest BCUT2D eigenvalue weighted by atomic mass is 16.4. The van der Waals surface area contributed by atoms with Crippen LogP contribution in [0.1, 0.15) is 81.8 Å². The number of carbonyl (C=O) groups excluding carboxylic acids is 13. The zero-order valence-corrected chi connectivity index (χ0v) is 66.2. The lowest BCUT2D eigenvalue weighted by Gasteiger charge is -2.33. The molecule has 0 bridgehead atoms. The van der Waals surface area contributed by atoms with Gasteiger partial charge in [-0.3, -0.25) is 112 Å². The van der Waals surface area contributed by atoms with Gasteiger partial charge in [-0.15, -0.1) is 0 Å². The predicted octanol–water partition coefficient (Wildman–Crippen LogP) is -7.80. The molecule has 26 N–H and O–H groups in total. The predicted molar refractivity (Wildman–Crippen MR) is 428 cm³/mol. The topological polar surface area (TPSA) is 702 Å². The van der Waals surface area contributed by atoms with Crippen LogP contribution in [0.15, 0.2) is 102 Å². The summed E-state index contributed by atoms with van der Waals surface area (Å²) in [6.07, 6.45) is 1.45. The molecule has 3 heterocycles. The molecule has 3 aliphatic heterocycles. The molecule has 2 aromatic carbocycles. The molecule has 658 valence electrons. The van der Waals surface area contributed by atoms with Crippen molar-refractivity contribution >= 4 is 125 Å². The monoisotopic (exact) mass is 1700 g/mol. The third-order valence-electron chi connectivity index (χ3n) is 18.2. The summed E-state index contributed by atoms with van der Waals surface area (Å²) in [5.74, 6) is -20.7. The van der Waals surface area contributed by atoms with Gasteiger partial charge in [-0.05, 0) is 75.0 Å². The molecule has 13 amide bonds. The van der Waals surface area contributed by atoms with Gasteiger partial charge in [0.15, 0.2) is 11.9 Å². The molecule has 5 rings (SSSR count). The maximum Gasteiger partial charge on any atom is 0.330 e. The van der Waals surface area contributed by atoms with Crippen molar-refractivity contribution in [2.24, 2.45) is 11.5 Å². The zero-order chi connectivity index (χ0) is 88.9. The maximum atomic E-state index is 14.5. The molecule has 46 heteroatoms. The third kappa shape index (κ3) is 39.4. The molecular weight excluding hydrogens is 1590 g/mol. The Morgan fingerprint density at radius 1 is 0.455 bits per heavy atom. The van der Waals surface area contributed by atoms with Crippen LogP contribution < -0.4 is 91.2 Å². The van der Waals surface area contributed by atoms with Gasteiger partial charge in [-0.1, -0.05) is 72.8 Å². The van der Waals surface area contributed by atoms with Gasteiger partial charge in [0, 0.05) is 91.4 Å². The number of benzene rings is 2. The van der Waals surface area contributed by atoms with E-state index in [1.54, 1.807) is 65.6 Å². The van der Waals surface area contributed by atoms with E-state index < -0.39 is 230 Å². The number of carboxylic acid groups (broad SMARTS) is 5. The second-order valence-corrected chi connectivity index (χ2v) is 27.8. The van der Waals surface area contributed by atoms with Crippen molar-refractivity contribution in [1.82, 2.24) is 99.4 Å². The molecule has 46 nitrogen and oxygen atoms in total. The molecular formula is C75H105N23O23. The van der Waals surface area contributed by atoms with Crippen LogP contribution in [0.3, 0.4) is 0 Å². The number of carbonyl (C=O) groups is 18. The number of nitrogens with two attached hydrogens (primary N) is 2. The van der Waals surface area contributed by atoms with E-state index in [0.717, 1.165) is 0 Å². The number of amides is 13. The van der Waals surface area contributed by atoms with Crippen molar-refractivity contribution in [3.8, 4) is 0 Å². The van der Waals surface area contributed by atoms with Crippen LogP contribution in [-0.2, 0) is 92.7 Å². The Labute approximate surface area is 693 Å². The molecule has 0 aromatic heterocycles. The van der Waals surface area contributed by atoms with Gasteiger partial charge in [0.1, 0.15) is 53.0 Å². The lowest BCUT2D eigenvalue weighted by Crippen LogP contribution is -2.55. The van der Waals surface area contributed by atoms with Crippen LogP contribution in [0.5, 0.6) is 0 Å². The van der Waals surface area contributed by atoms with E-state index in [2.05, 4.69) is 79.8 Å². The standard InChI is InChI=1S/C75H105N23O23/c76-74(77)82-25-11-19-47-66(114)84-39-57(100)87-54(37-60(103)104)72(120)93-52(35-45-13-3-1-4-14-45)70(118)91-49(68(116)89-47)17-7-9-23-80-56(99)22-21-51(86-59(102)41-95-27-29-96(42-62(107)108)31-33-98(44-64(111)112)34-32-97(30-28-95)43-63(109)110)65(113)81-24-10-8-18-50-69(117)90-48(20-12-26-83-75(78)79)67(115)85-40-58(101)88-55(38-61(105)106)73(121)94-53(71(119)92-50)36-46-15-5-2-6-16-46/h1-6,13-16,18,20,35,38,47,49,51,53-54H,7-12,17,19,21-34,36-37,39-44H2,(H,80,99)(H,81,113)(H,84,114)(H,85,115)(H,86,102)(H,87,100)(H,88,101)(H,89,116)(H,90,117)(H,91,118)(H,92,119)(H,93,120)(H,94,121)(H,103,104)(H,105,106)(H,107,108)(H,109,110)(H,111,112)(H4,76,77,82)(H4,78,79,83)/b48-20-,50-18+,52-35-,55-38+/t47-,49-,51?,53+,54-/m0/s1. The Balaban J connectivity index is 1.44. The van der Waals surface area contributed by atoms with E-state index in [1.165, 1.54) is 32.9 Å². The minimum atomic E-state index is -1.79. The van der Waals surface area contributed by atoms with Crippen LogP contribution in [0.4, 0.5) is 0 Å². The lowest BCUT2D eigenvalue weighted by molar-refractivity contribution is -0.141. The molecule has 0 spiro atoms. The number of allylic oxidation sites excluding steroid dienone is 1. The molecule has 121 heavy (non-hydrogen) atoms. The minimum absolute atomic E-state index is 0.00639. The van der Waals surface area contributed by atoms with Crippen LogP contribution in [-0.4, -0.2) is 312 Å². The molecule has 3 fully saturated rings. The molecule has 3 aliphatic rings. The summed E-state index contributed by atoms with van der Waals surface area (Å²) in [4.78, 5) is 247. The molecule has 0 saturated carbocycles. The van der Waals surface area contributed by atoms with Crippen molar-refractivity contribution in [1.29, 1.82) is 10.8 Å². The molecule has 2 aromatic rings. The van der Waals surface area contributed by atoms with Gasteiger partial charge >= 0.3 is 29.8 Å². The second-order valence-electron chi connectivity index (χ2n) is 27.8. The summed E-state index contributed by atoms with van der Waals surface area (Å²) in [5, 5.41) is 101. The number of guanidine groups is 2. The van der Waals surface area contributed by atoms with E-state index in [1.807, 2.05) is 0 Å². The highest BCUT2D eigenvalue weighted by Gasteiger charge is 2.34. The third-order valence-corrected chi connectivity index (χ3v) is 18.2. The fourth-order valence-corrected chi connectivity index (χ4v) is 12.1. The maximum absolute atomic E-state index is 14.5. The number of rotatable bonds is 35. The van der Waals surface area contributed by atoms with Crippen molar-refractivity contribution in [3.05, 3.63) is 113 Å². The van der Waals surface area contributed by atoms with Crippen molar-refractivity contribution in [2.45, 2.75) is 107 Å². The Kier molecular flexibility index (Phi) is 42.1. The van der Waals surface area contributed by atoms with Crippen LogP contribution in [0.25, 0.3) is 6.08 Å². The van der Waals surface area contributed by atoms with Gasteiger partial charge < -0.3 is 117 Å². The summed E-state index contributed by atoms with van der Waals surface area (Å²) in [7, 11) is 0. The van der Waals surface area contributed by atoms with E-state index in [4.69, 9.17) is 22.3 Å². The van der Waals surface area contributed by atoms with Gasteiger partial charge in [0.25, 0.3) is 23.6 Å². The van der Waals surface area contributed by atoms with E-state index in [0.29, 0.717) is 17.2 Å². The van der Waals surface area contributed by atoms with Crippen LogP contribution in [0, 0.1) is 10.8 Å². The summed E-state index contributed by atoms with van der Waals surface area (Å²) in [5.41, 5.74) is 9.31. The van der Waals surface area contributed by atoms with Gasteiger partial charge in [0.2, 0.25) is 53.2 Å². The summed E-state index contributed by atoms with van der Waals surface area (Å²) < 4.78 is 0. The first-order valence-corrected chi connectivity index (χ1v) is 38.5. The summed E-state index contributed by atoms with van der Waals surface area (Å²) in [6, 6.07) is 8.27. The number of aliphatic carboxylic acids is 5. The SMILES string of the molecule is N=C(N)NCC/C=C1\NC(=O)/C(=C\CCCNC(=O)C(CCC(=O)NCCCC[C@@H]2NC(=O)/C(=C/c3ccccc3)NC(=O)[C@H](CC(=O)O)NC(=O)CNC(=O)[C@H](CCCNC(=N)N)NC2=O)NC(=O)CN2CCN(CC(=O)O)CCN(CC(=O)O)CCN(CC(=O)O)CC2)NC(=O)[C@@H](Cc2ccccc2)NC(=O)/C(=C\C(=O)O)NC(=O)CNC1=O. The highest BCUT2D eigenvalue weighted by molar-refractivity contribution is 6.08. The normalized spacial score (nSPS) is 20.2. The highest BCUT2D eigenvalue weighted by Crippen LogP contribution is 2.14. The molecule has 1 unspecified atom stereocenters. The smallest absolute Gasteiger partial charge is 0.330 e. The van der Waals surface area contributed by atoms with Crippen LogP contribution >= 0.6 is 0 Å². The van der Waals surface area contributed by atoms with Crippen molar-refractivity contribution in [2.75, 3.05) is 118 Å². The second kappa shape index (κ2) is 52.1. The first-order valence-electron chi connectivity index (χ1n) is 38.5. The number of unbranched alkanes of at least 4 members (excludes halogenated alkanes) is 2. The zero-order valence-electron chi connectivity index (χ0n) is 66.2. The average Bonchev–Trinajstić information content (AvgIpc) is 1.71. The van der Waals surface area contributed by atoms with E-state index in [-0.39, 0.29) is 136 Å². The lowest BCUT2D eigenvalue weighted by atomic mass is 10.0. The van der Waals surface area contributed by atoms with Crippen LogP contribution in [0.2, 0.25) is 0 Å². The Bertz CT molecular complexity index is 4170. The quantitative estimate of drug-likeness (QED) is 0.0132. The Morgan fingerprint density at radius 2 is 0.959 bits per heavy atom. The first-order chi connectivity index (χ1) is 57.6. The van der Waals surface area contributed by atoms with Gasteiger partial charge in [0.05, 0.1) is 51.8 Å². The van der Waals surface area contributed by atoms with Crippen molar-refractivity contribution in [3.63, 3.8) is 0 Å². The average molecular weight is 1700 g/mol. The van der Waals surface area contributed by atoms with Gasteiger partial charge in [-0.25, -0.2) is 4.79 Å². The molecule has 3 saturated heterocycles. The molecule has 0 aliphatic carbocycles. The largest absolute Gasteiger partial charge is 0.481 e. The van der Waals surface area contributed by atoms with E-state index >= 15 is 0 Å². The Morgan fingerprint density at radius 3 is 1.55 bits per heavy atom. The minimum Gasteiger partial charge on any atom is -0.481 e. The number of hydrogen-bond acceptors (Lipinski definition) is 24. The first kappa shape index (κ1) is 97.8. The van der Waals surface area contributed by atoms with E-state index in [9.17, 15) is 112 Å². The number of hydrogen-bond donors (Lipinski definition) is 24. The number of nitrogens with one attached hydrogen (secondary N) is 17.